The maximum atomic E-state index is 14.0. The zero-order valence-corrected chi connectivity index (χ0v) is 22.7. The van der Waals surface area contributed by atoms with Crippen LogP contribution in [-0.4, -0.2) is 12.6 Å². The molecule has 0 bridgehead atoms. The molecule has 0 saturated heterocycles. The third-order valence-electron chi connectivity index (χ3n) is 6.59. The lowest BCUT2D eigenvalue weighted by Crippen LogP contribution is -2.15. The summed E-state index contributed by atoms with van der Waals surface area (Å²) in [6.07, 6.45) is -0.750. The van der Waals surface area contributed by atoms with Crippen molar-refractivity contribution in [3.05, 3.63) is 106 Å². The van der Waals surface area contributed by atoms with Crippen molar-refractivity contribution in [2.45, 2.75) is 38.8 Å². The zero-order chi connectivity index (χ0) is 29.7. The molecule has 0 unspecified atom stereocenters. The second kappa shape index (κ2) is 12.4. The molecule has 0 atom stereocenters. The summed E-state index contributed by atoms with van der Waals surface area (Å²) in [5.74, 6) is -2.76. The van der Waals surface area contributed by atoms with Crippen molar-refractivity contribution >= 4 is 27.7 Å². The van der Waals surface area contributed by atoms with Crippen LogP contribution in [0.15, 0.2) is 94.1 Å². The van der Waals surface area contributed by atoms with Gasteiger partial charge in [0.15, 0.2) is 0 Å². The largest absolute Gasteiger partial charge is 0.494 e. The molecule has 9 heteroatoms. The van der Waals surface area contributed by atoms with Crippen LogP contribution in [0.5, 0.6) is 23.0 Å². The Morgan fingerprint density at radius 2 is 1.52 bits per heavy atom. The zero-order valence-electron chi connectivity index (χ0n) is 22.7. The number of halogens is 3. The predicted molar refractivity (Wildman–Crippen MR) is 153 cm³/mol. The first kappa shape index (κ1) is 28.7. The average Bonchev–Trinajstić information content (AvgIpc) is 2.98. The molecule has 1 heterocycles. The smallest absolute Gasteiger partial charge is 0.453 e. The summed E-state index contributed by atoms with van der Waals surface area (Å²) < 4.78 is 63.6. The van der Waals surface area contributed by atoms with Crippen LogP contribution in [0.1, 0.15) is 48.7 Å². The number of rotatable bonds is 10. The van der Waals surface area contributed by atoms with E-state index < -0.39 is 34.7 Å². The van der Waals surface area contributed by atoms with Crippen molar-refractivity contribution in [1.29, 1.82) is 0 Å². The quantitative estimate of drug-likeness (QED) is 0.0939. The molecule has 0 amide bonds. The average molecular weight is 577 g/mol. The number of hydrogen-bond acceptors (Lipinski definition) is 6. The molecule has 6 nitrogen and oxygen atoms in total. The molecule has 1 aromatic heterocycles. The van der Waals surface area contributed by atoms with E-state index in [4.69, 9.17) is 18.6 Å². The van der Waals surface area contributed by atoms with Crippen LogP contribution in [0.3, 0.4) is 0 Å². The normalized spacial score (nSPS) is 11.5. The van der Waals surface area contributed by atoms with Crippen LogP contribution in [0.2, 0.25) is 0 Å². The fourth-order valence-electron chi connectivity index (χ4n) is 4.42. The summed E-state index contributed by atoms with van der Waals surface area (Å²) in [6, 6.07) is 21.9. The SMILES string of the molecule is CCCCCCOc1ccc(C(=O)Oc2ccc3c(=O)c(Oc4ccc5ccccc5c4)c(C(F)(F)F)oc3c2)cc1. The summed E-state index contributed by atoms with van der Waals surface area (Å²) >= 11 is 0. The lowest BCUT2D eigenvalue weighted by atomic mass is 10.1. The Morgan fingerprint density at radius 3 is 2.26 bits per heavy atom. The van der Waals surface area contributed by atoms with E-state index in [-0.39, 0.29) is 22.4 Å². The predicted octanol–water partition coefficient (Wildman–Crippen LogP) is 8.94. The van der Waals surface area contributed by atoms with E-state index in [1.165, 1.54) is 36.4 Å². The standard InChI is InChI=1S/C33H27F3O6/c1-2-3-4-7-18-39-24-13-11-22(12-14-24)32(38)41-26-16-17-27-28(20-26)42-31(33(34,35)36)30(29(27)37)40-25-15-10-21-8-5-6-9-23(21)19-25/h5-6,8-17,19-20H,2-4,7,18H2,1H3. The van der Waals surface area contributed by atoms with E-state index in [0.717, 1.165) is 42.5 Å². The number of hydrogen-bond donors (Lipinski definition) is 0. The highest BCUT2D eigenvalue weighted by atomic mass is 19.4. The number of fused-ring (bicyclic) bond motifs is 2. The number of carbonyl (C=O) groups excluding carboxylic acids is 1. The van der Waals surface area contributed by atoms with Gasteiger partial charge < -0.3 is 18.6 Å². The molecule has 0 aliphatic rings. The minimum Gasteiger partial charge on any atom is -0.494 e. The van der Waals surface area contributed by atoms with Gasteiger partial charge in [0.05, 0.1) is 17.6 Å². The maximum absolute atomic E-state index is 14.0. The molecule has 0 aliphatic carbocycles. The van der Waals surface area contributed by atoms with Crippen LogP contribution in [0.25, 0.3) is 21.7 Å². The van der Waals surface area contributed by atoms with Crippen LogP contribution in [0, 0.1) is 0 Å². The van der Waals surface area contributed by atoms with Gasteiger partial charge in [-0.1, -0.05) is 56.5 Å². The van der Waals surface area contributed by atoms with E-state index in [1.54, 1.807) is 30.3 Å². The van der Waals surface area contributed by atoms with Crippen LogP contribution < -0.4 is 19.6 Å². The first-order valence-corrected chi connectivity index (χ1v) is 13.5. The second-order valence-electron chi connectivity index (χ2n) is 9.68. The van der Waals surface area contributed by atoms with Gasteiger partial charge in [0.2, 0.25) is 11.2 Å². The maximum Gasteiger partial charge on any atom is 0.453 e. The summed E-state index contributed by atoms with van der Waals surface area (Å²) in [5, 5.41) is 1.42. The molecule has 42 heavy (non-hydrogen) atoms. The summed E-state index contributed by atoms with van der Waals surface area (Å²) in [7, 11) is 0. The van der Waals surface area contributed by atoms with Gasteiger partial charge >= 0.3 is 12.1 Å². The van der Waals surface area contributed by atoms with Gasteiger partial charge in [0, 0.05) is 6.07 Å². The van der Waals surface area contributed by atoms with Gasteiger partial charge in [-0.25, -0.2) is 4.79 Å². The topological polar surface area (TPSA) is 75.0 Å². The van der Waals surface area contributed by atoms with Gasteiger partial charge in [-0.2, -0.15) is 13.2 Å². The van der Waals surface area contributed by atoms with Crippen LogP contribution in [-0.2, 0) is 6.18 Å². The summed E-state index contributed by atoms with van der Waals surface area (Å²) in [4.78, 5) is 25.9. The van der Waals surface area contributed by atoms with E-state index >= 15 is 0 Å². The minimum absolute atomic E-state index is 0.0457. The highest BCUT2D eigenvalue weighted by Gasteiger charge is 2.40. The van der Waals surface area contributed by atoms with Crippen molar-refractivity contribution in [2.24, 2.45) is 0 Å². The van der Waals surface area contributed by atoms with Gasteiger partial charge in [-0.3, -0.25) is 4.79 Å². The Balaban J connectivity index is 1.37. The molecule has 0 aliphatic heterocycles. The first-order chi connectivity index (χ1) is 20.2. The first-order valence-electron chi connectivity index (χ1n) is 13.5. The monoisotopic (exact) mass is 576 g/mol. The molecular formula is C33H27F3O6. The molecule has 5 rings (SSSR count). The van der Waals surface area contributed by atoms with Crippen molar-refractivity contribution in [3.8, 4) is 23.0 Å². The van der Waals surface area contributed by atoms with Crippen LogP contribution >= 0.6 is 0 Å². The molecule has 4 aromatic carbocycles. The highest BCUT2D eigenvalue weighted by molar-refractivity contribution is 5.92. The Hall–Kier alpha value is -4.79. The van der Waals surface area contributed by atoms with Crippen LogP contribution in [0.4, 0.5) is 13.2 Å². The number of ether oxygens (including phenoxy) is 3. The molecule has 0 radical (unpaired) electrons. The van der Waals surface area contributed by atoms with Gasteiger partial charge in [0.1, 0.15) is 22.8 Å². The fourth-order valence-corrected chi connectivity index (χ4v) is 4.42. The van der Waals surface area contributed by atoms with Gasteiger partial charge in [-0.05, 0) is 65.7 Å². The van der Waals surface area contributed by atoms with Crippen molar-refractivity contribution in [2.75, 3.05) is 6.61 Å². The van der Waals surface area contributed by atoms with Gasteiger partial charge in [0.25, 0.3) is 5.76 Å². The molecule has 5 aromatic rings. The molecule has 0 fully saturated rings. The molecule has 0 spiro atoms. The number of esters is 1. The van der Waals surface area contributed by atoms with E-state index in [9.17, 15) is 22.8 Å². The van der Waals surface area contributed by atoms with Crippen molar-refractivity contribution in [3.63, 3.8) is 0 Å². The third-order valence-corrected chi connectivity index (χ3v) is 6.59. The molecule has 0 saturated carbocycles. The number of carbonyl (C=O) groups is 1. The van der Waals surface area contributed by atoms with E-state index in [0.29, 0.717) is 12.4 Å². The second-order valence-corrected chi connectivity index (χ2v) is 9.68. The highest BCUT2D eigenvalue weighted by Crippen LogP contribution is 2.39. The third kappa shape index (κ3) is 6.57. The van der Waals surface area contributed by atoms with Gasteiger partial charge in [-0.15, -0.1) is 0 Å². The summed E-state index contributed by atoms with van der Waals surface area (Å²) in [6.45, 7) is 2.70. The lowest BCUT2D eigenvalue weighted by molar-refractivity contribution is -0.154. The van der Waals surface area contributed by atoms with Crippen molar-refractivity contribution in [1.82, 2.24) is 0 Å². The molecule has 216 valence electrons. The number of alkyl halides is 3. The molecule has 0 N–H and O–H groups in total. The van der Waals surface area contributed by atoms with E-state index in [2.05, 4.69) is 6.92 Å². The Bertz CT molecular complexity index is 1770. The lowest BCUT2D eigenvalue weighted by Gasteiger charge is -2.14. The number of benzene rings is 4. The minimum atomic E-state index is -5.04. The fraction of sp³-hybridized carbons (Fsp3) is 0.212. The Kier molecular flexibility index (Phi) is 8.47. The Morgan fingerprint density at radius 1 is 0.810 bits per heavy atom. The van der Waals surface area contributed by atoms with Crippen molar-refractivity contribution < 1.29 is 36.6 Å². The number of unbranched alkanes of at least 4 members (excludes halogenated alkanes) is 3. The Labute approximate surface area is 239 Å². The summed E-state index contributed by atoms with van der Waals surface area (Å²) in [5.41, 5.74) is -1.21. The molecular weight excluding hydrogens is 549 g/mol. The van der Waals surface area contributed by atoms with E-state index in [1.807, 2.05) is 12.1 Å².